The minimum Gasteiger partial charge on any atom is -0.544 e. The van der Waals surface area contributed by atoms with E-state index in [1.807, 2.05) is 0 Å². The fourth-order valence-corrected chi connectivity index (χ4v) is 5.43. The van der Waals surface area contributed by atoms with Crippen LogP contribution in [0, 0.1) is 0 Å². The highest BCUT2D eigenvalue weighted by atomic mass is 16.6. The summed E-state index contributed by atoms with van der Waals surface area (Å²) in [6.07, 6.45) is 43.7. The second-order valence-corrected chi connectivity index (χ2v) is 14.5. The second kappa shape index (κ2) is 35.8. The van der Waals surface area contributed by atoms with Crippen LogP contribution < -0.4 is 5.11 Å². The zero-order valence-corrected chi connectivity index (χ0v) is 34.2. The van der Waals surface area contributed by atoms with Crippen molar-refractivity contribution < 1.29 is 38.2 Å². The quantitative estimate of drug-likeness (QED) is 0.0276. The summed E-state index contributed by atoms with van der Waals surface area (Å²) in [4.78, 5) is 36.6. The fourth-order valence-electron chi connectivity index (χ4n) is 5.43. The molecule has 0 aliphatic heterocycles. The van der Waals surface area contributed by atoms with E-state index < -0.39 is 18.1 Å². The maximum atomic E-state index is 12.6. The molecule has 0 aliphatic carbocycles. The first-order chi connectivity index (χ1) is 25.6. The highest BCUT2D eigenvalue weighted by Crippen LogP contribution is 2.12. The van der Waals surface area contributed by atoms with Gasteiger partial charge in [0.1, 0.15) is 12.6 Å². The molecule has 0 aromatic heterocycles. The zero-order valence-electron chi connectivity index (χ0n) is 34.2. The van der Waals surface area contributed by atoms with E-state index in [1.54, 1.807) is 21.1 Å². The van der Waals surface area contributed by atoms with Gasteiger partial charge in [-0.25, -0.2) is 0 Å². The number of unbranched alkanes of at least 4 members (excludes halogenated alkanes) is 9. The van der Waals surface area contributed by atoms with Crippen LogP contribution in [0.2, 0.25) is 0 Å². The highest BCUT2D eigenvalue weighted by Gasteiger charge is 2.25. The van der Waals surface area contributed by atoms with Crippen LogP contribution >= 0.6 is 0 Å². The van der Waals surface area contributed by atoms with Crippen LogP contribution in [0.1, 0.15) is 142 Å². The van der Waals surface area contributed by atoms with Crippen molar-refractivity contribution in [2.75, 3.05) is 41.0 Å². The Morgan fingerprint density at radius 1 is 0.585 bits per heavy atom. The Morgan fingerprint density at radius 3 is 1.55 bits per heavy atom. The van der Waals surface area contributed by atoms with Gasteiger partial charge in [-0.3, -0.25) is 9.59 Å². The van der Waals surface area contributed by atoms with E-state index >= 15 is 0 Å². The van der Waals surface area contributed by atoms with Crippen LogP contribution in [0.5, 0.6) is 0 Å². The molecule has 2 unspecified atom stereocenters. The second-order valence-electron chi connectivity index (χ2n) is 14.5. The van der Waals surface area contributed by atoms with Crippen molar-refractivity contribution in [2.45, 2.75) is 154 Å². The summed E-state index contributed by atoms with van der Waals surface area (Å²) >= 11 is 0. The average Bonchev–Trinajstić information content (AvgIpc) is 3.11. The van der Waals surface area contributed by atoms with E-state index in [1.165, 1.54) is 38.5 Å². The van der Waals surface area contributed by atoms with Crippen molar-refractivity contribution in [3.05, 3.63) is 72.9 Å². The number of hydrogen-bond acceptors (Lipinski definition) is 7. The number of rotatable bonds is 35. The predicted octanol–water partition coefficient (Wildman–Crippen LogP) is 9.46. The Balaban J connectivity index is 4.44. The van der Waals surface area contributed by atoms with Crippen molar-refractivity contribution in [3.8, 4) is 0 Å². The molecule has 0 radical (unpaired) electrons. The molecule has 0 fully saturated rings. The molecular weight excluding hydrogens is 666 g/mol. The molecule has 0 saturated carbocycles. The first-order valence-corrected chi connectivity index (χ1v) is 20.5. The lowest BCUT2D eigenvalue weighted by molar-refractivity contribution is -0.889. The van der Waals surface area contributed by atoms with Gasteiger partial charge in [-0.2, -0.15) is 0 Å². The van der Waals surface area contributed by atoms with Gasteiger partial charge in [0, 0.05) is 19.3 Å². The van der Waals surface area contributed by atoms with Gasteiger partial charge in [0.25, 0.3) is 0 Å². The standard InChI is InChI=1S/C45H75NO7/c1-6-8-10-12-14-16-17-18-19-20-21-22-23-24-25-26-28-29-31-33-35-43(47)52-40-41(39-51-38-37-42(45(49)50)46(3,4)5)53-44(48)36-34-32-30-27-15-13-11-9-7-2/h8,10,14,16,18-19,21-22,24-25,28-29,41-42H,6-7,9,11-13,15,17,20,23,26-27,30-40H2,1-5H3/b10-8+,16-14+,19-18+,22-21+,25-24+,29-28+. The lowest BCUT2D eigenvalue weighted by Gasteiger charge is -2.34. The minimum atomic E-state index is -1.14. The van der Waals surface area contributed by atoms with Crippen LogP contribution in [0.3, 0.4) is 0 Å². The summed E-state index contributed by atoms with van der Waals surface area (Å²) in [6, 6.07) is -0.735. The molecule has 0 rings (SSSR count). The summed E-state index contributed by atoms with van der Waals surface area (Å²) in [6.45, 7) is 4.44. The van der Waals surface area contributed by atoms with Gasteiger partial charge < -0.3 is 28.6 Å². The minimum absolute atomic E-state index is 0.0201. The molecule has 2 atom stereocenters. The molecule has 0 spiro atoms. The van der Waals surface area contributed by atoms with Crippen LogP contribution in [0.4, 0.5) is 0 Å². The highest BCUT2D eigenvalue weighted by molar-refractivity contribution is 5.70. The van der Waals surface area contributed by atoms with Gasteiger partial charge >= 0.3 is 11.9 Å². The van der Waals surface area contributed by atoms with Gasteiger partial charge in [-0.05, 0) is 57.8 Å². The molecule has 53 heavy (non-hydrogen) atoms. The third-order valence-electron chi connectivity index (χ3n) is 8.61. The van der Waals surface area contributed by atoms with Gasteiger partial charge in [-0.1, -0.05) is 138 Å². The number of quaternary nitrogens is 1. The van der Waals surface area contributed by atoms with E-state index in [9.17, 15) is 19.5 Å². The van der Waals surface area contributed by atoms with E-state index in [0.717, 1.165) is 64.2 Å². The normalized spacial score (nSPS) is 13.8. The van der Waals surface area contributed by atoms with Gasteiger partial charge in [0.05, 0.1) is 40.3 Å². The third kappa shape index (κ3) is 34.3. The molecule has 0 heterocycles. The van der Waals surface area contributed by atoms with E-state index in [0.29, 0.717) is 12.8 Å². The summed E-state index contributed by atoms with van der Waals surface area (Å²) in [7, 11) is 5.37. The van der Waals surface area contributed by atoms with Crippen molar-refractivity contribution in [1.29, 1.82) is 0 Å². The van der Waals surface area contributed by atoms with Gasteiger partial charge in [0.2, 0.25) is 0 Å². The lowest BCUT2D eigenvalue weighted by atomic mass is 10.1. The lowest BCUT2D eigenvalue weighted by Crippen LogP contribution is -2.55. The molecule has 0 bridgehead atoms. The first-order valence-electron chi connectivity index (χ1n) is 20.5. The summed E-state index contributed by atoms with van der Waals surface area (Å²) in [5, 5.41) is 11.6. The molecule has 0 aliphatic rings. The first kappa shape index (κ1) is 49.8. The number of carbonyl (C=O) groups excluding carboxylic acids is 3. The van der Waals surface area contributed by atoms with E-state index in [4.69, 9.17) is 14.2 Å². The molecule has 0 amide bonds. The monoisotopic (exact) mass is 742 g/mol. The van der Waals surface area contributed by atoms with Crippen LogP contribution in [-0.4, -0.2) is 75.5 Å². The molecule has 302 valence electrons. The third-order valence-corrected chi connectivity index (χ3v) is 8.61. The van der Waals surface area contributed by atoms with Gasteiger partial charge in [0.15, 0.2) is 6.10 Å². The van der Waals surface area contributed by atoms with Crippen molar-refractivity contribution in [3.63, 3.8) is 0 Å². The summed E-state index contributed by atoms with van der Waals surface area (Å²) in [5.74, 6) is -1.82. The number of ether oxygens (including phenoxy) is 3. The average molecular weight is 742 g/mol. The number of carboxylic acid groups (broad SMARTS) is 1. The smallest absolute Gasteiger partial charge is 0.306 e. The van der Waals surface area contributed by atoms with Gasteiger partial charge in [-0.15, -0.1) is 0 Å². The number of carboxylic acids is 1. The number of esters is 2. The predicted molar refractivity (Wildman–Crippen MR) is 217 cm³/mol. The summed E-state index contributed by atoms with van der Waals surface area (Å²) in [5.41, 5.74) is 0. The van der Waals surface area contributed by atoms with E-state index in [-0.39, 0.29) is 49.1 Å². The molecule has 8 heteroatoms. The molecule has 0 saturated heterocycles. The number of carbonyl (C=O) groups is 3. The number of allylic oxidation sites excluding steroid dienone is 12. The number of aliphatic carboxylic acids is 1. The molecule has 0 aromatic rings. The SMILES string of the molecule is CC/C=C/C/C=C/C/C=C/C/C=C/C/C=C/C/C=C/CCCC(=O)OCC(COCCC(C(=O)[O-])[N+](C)(C)C)OC(=O)CCCCCCCCCCC. The molecular formula is C45H75NO7. The van der Waals surface area contributed by atoms with Crippen molar-refractivity contribution >= 4 is 17.9 Å². The molecule has 8 nitrogen and oxygen atoms in total. The number of likely N-dealkylation sites (N-methyl/N-ethyl adjacent to an activating group) is 1. The fraction of sp³-hybridized carbons (Fsp3) is 0.667. The van der Waals surface area contributed by atoms with Crippen LogP contribution in [-0.2, 0) is 28.6 Å². The molecule has 0 N–H and O–H groups in total. The largest absolute Gasteiger partial charge is 0.544 e. The maximum Gasteiger partial charge on any atom is 0.306 e. The Labute approximate surface area is 323 Å². The maximum absolute atomic E-state index is 12.6. The van der Waals surface area contributed by atoms with Crippen molar-refractivity contribution in [1.82, 2.24) is 0 Å². The number of nitrogens with zero attached hydrogens (tertiary/aromatic N) is 1. The number of hydrogen-bond donors (Lipinski definition) is 0. The van der Waals surface area contributed by atoms with Crippen molar-refractivity contribution in [2.24, 2.45) is 0 Å². The Morgan fingerprint density at radius 2 is 1.06 bits per heavy atom. The van der Waals surface area contributed by atoms with E-state index in [2.05, 4.69) is 86.8 Å². The Bertz CT molecular complexity index is 1100. The van der Waals surface area contributed by atoms with Crippen LogP contribution in [0.15, 0.2) is 72.9 Å². The summed E-state index contributed by atoms with van der Waals surface area (Å²) < 4.78 is 17.0. The Kier molecular flexibility index (Phi) is 33.6. The molecule has 0 aromatic carbocycles. The van der Waals surface area contributed by atoms with Crippen LogP contribution in [0.25, 0.3) is 0 Å². The zero-order chi connectivity index (χ0) is 39.3. The topological polar surface area (TPSA) is 102 Å². The Hall–Kier alpha value is -3.23.